The van der Waals surface area contributed by atoms with E-state index in [0.29, 0.717) is 11.8 Å². The molecule has 2 aliphatic rings. The van der Waals surface area contributed by atoms with Crippen LogP contribution < -0.4 is 10.5 Å². The van der Waals surface area contributed by atoms with Gasteiger partial charge >= 0.3 is 6.09 Å². The molecule has 1 aliphatic carbocycles. The molecular formula is C16H22N2O3. The van der Waals surface area contributed by atoms with E-state index < -0.39 is 6.09 Å². The number of rotatable bonds is 3. The van der Waals surface area contributed by atoms with Crippen LogP contribution in [0.15, 0.2) is 24.3 Å². The first kappa shape index (κ1) is 14.4. The Balaban J connectivity index is 1.76. The van der Waals surface area contributed by atoms with Crippen molar-refractivity contribution in [3.05, 3.63) is 29.8 Å². The van der Waals surface area contributed by atoms with Gasteiger partial charge in [0.2, 0.25) is 0 Å². The summed E-state index contributed by atoms with van der Waals surface area (Å²) < 4.78 is 10.9. The molecular weight excluding hydrogens is 268 g/mol. The lowest BCUT2D eigenvalue weighted by Gasteiger charge is -2.34. The molecule has 0 spiro atoms. The number of carbonyl (C=O) groups excluding carboxylic acids is 1. The average molecular weight is 290 g/mol. The summed E-state index contributed by atoms with van der Waals surface area (Å²) in [6.07, 6.45) is 5.62. The van der Waals surface area contributed by atoms with Crippen molar-refractivity contribution in [3.63, 3.8) is 0 Å². The molecule has 1 heterocycles. The van der Waals surface area contributed by atoms with E-state index in [9.17, 15) is 4.79 Å². The molecule has 1 unspecified atom stereocenters. The van der Waals surface area contributed by atoms with Gasteiger partial charge in [0.15, 0.2) is 0 Å². The number of benzene rings is 1. The van der Waals surface area contributed by atoms with Crippen LogP contribution in [-0.4, -0.2) is 30.2 Å². The van der Waals surface area contributed by atoms with Gasteiger partial charge in [-0.05, 0) is 30.5 Å². The van der Waals surface area contributed by atoms with E-state index in [2.05, 4.69) is 4.90 Å². The summed E-state index contributed by atoms with van der Waals surface area (Å²) >= 11 is 0. The zero-order chi connectivity index (χ0) is 14.7. The molecule has 5 heteroatoms. The molecule has 0 bridgehead atoms. The third-order valence-corrected chi connectivity index (χ3v) is 4.33. The number of hydrogen-bond donors (Lipinski definition) is 1. The Morgan fingerprint density at radius 2 is 2.10 bits per heavy atom. The summed E-state index contributed by atoms with van der Waals surface area (Å²) in [4.78, 5) is 13.3. The maximum atomic E-state index is 10.9. The average Bonchev–Trinajstić information content (AvgIpc) is 2.97. The van der Waals surface area contributed by atoms with Gasteiger partial charge in [-0.1, -0.05) is 31.4 Å². The summed E-state index contributed by atoms with van der Waals surface area (Å²) in [5, 5.41) is 0. The first-order valence-corrected chi connectivity index (χ1v) is 7.68. The van der Waals surface area contributed by atoms with Crippen molar-refractivity contribution in [2.24, 2.45) is 5.73 Å². The lowest BCUT2D eigenvalue weighted by molar-refractivity contribution is 0.00224. The predicted molar refractivity (Wildman–Crippen MR) is 78.9 cm³/mol. The van der Waals surface area contributed by atoms with Crippen molar-refractivity contribution in [1.82, 2.24) is 4.90 Å². The molecule has 2 fully saturated rings. The second kappa shape index (κ2) is 6.45. The topological polar surface area (TPSA) is 64.8 Å². The highest BCUT2D eigenvalue weighted by Gasteiger charge is 2.33. The minimum absolute atomic E-state index is 0.0375. The molecule has 1 saturated heterocycles. The molecule has 1 saturated carbocycles. The fourth-order valence-corrected chi connectivity index (χ4v) is 3.40. The highest BCUT2D eigenvalue weighted by molar-refractivity contribution is 5.68. The third-order valence-electron chi connectivity index (χ3n) is 4.33. The Morgan fingerprint density at radius 1 is 1.29 bits per heavy atom. The van der Waals surface area contributed by atoms with Crippen molar-refractivity contribution in [2.45, 2.75) is 44.4 Å². The molecule has 0 radical (unpaired) electrons. The van der Waals surface area contributed by atoms with Gasteiger partial charge in [0.25, 0.3) is 0 Å². The zero-order valence-electron chi connectivity index (χ0n) is 12.2. The van der Waals surface area contributed by atoms with Gasteiger partial charge in [-0.3, -0.25) is 4.90 Å². The smallest absolute Gasteiger partial charge is 0.409 e. The van der Waals surface area contributed by atoms with Gasteiger partial charge in [-0.25, -0.2) is 4.79 Å². The molecule has 1 amide bonds. The van der Waals surface area contributed by atoms with Crippen LogP contribution in [0.1, 0.15) is 43.9 Å². The number of carbonyl (C=O) groups is 1. The monoisotopic (exact) mass is 290 g/mol. The van der Waals surface area contributed by atoms with Crippen LogP contribution in [0.5, 0.6) is 5.75 Å². The van der Waals surface area contributed by atoms with Crippen molar-refractivity contribution >= 4 is 6.09 Å². The second-order valence-corrected chi connectivity index (χ2v) is 5.75. The Labute approximate surface area is 125 Å². The Morgan fingerprint density at radius 3 is 2.86 bits per heavy atom. The predicted octanol–water partition coefficient (Wildman–Crippen LogP) is 2.81. The minimum atomic E-state index is -0.788. The summed E-state index contributed by atoms with van der Waals surface area (Å²) in [5.74, 6) is 0.471. The van der Waals surface area contributed by atoms with Gasteiger partial charge in [0, 0.05) is 12.6 Å². The number of nitrogens with zero attached hydrogens (tertiary/aromatic N) is 1. The van der Waals surface area contributed by atoms with Crippen molar-refractivity contribution < 1.29 is 14.3 Å². The van der Waals surface area contributed by atoms with Crippen LogP contribution >= 0.6 is 0 Å². The summed E-state index contributed by atoms with van der Waals surface area (Å²) in [6, 6.07) is 8.06. The number of amides is 1. The van der Waals surface area contributed by atoms with Crippen LogP contribution in [0.2, 0.25) is 0 Å². The largest absolute Gasteiger partial charge is 0.410 e. The molecule has 1 aliphatic heterocycles. The lowest BCUT2D eigenvalue weighted by Crippen LogP contribution is -2.36. The summed E-state index contributed by atoms with van der Waals surface area (Å²) in [6.45, 7) is 1.72. The fraction of sp³-hybridized carbons (Fsp3) is 0.562. The molecule has 114 valence electrons. The molecule has 1 aromatic rings. The summed E-state index contributed by atoms with van der Waals surface area (Å²) in [5.41, 5.74) is 6.09. The van der Waals surface area contributed by atoms with Gasteiger partial charge in [0.05, 0.1) is 6.61 Å². The maximum Gasteiger partial charge on any atom is 0.409 e. The molecule has 0 aromatic heterocycles. The van der Waals surface area contributed by atoms with Gasteiger partial charge < -0.3 is 15.2 Å². The Kier molecular flexibility index (Phi) is 4.41. The fourth-order valence-electron chi connectivity index (χ4n) is 3.40. The number of ether oxygens (including phenoxy) is 2. The quantitative estimate of drug-likeness (QED) is 0.929. The number of primary amides is 1. The lowest BCUT2D eigenvalue weighted by atomic mass is 9.93. The number of nitrogens with two attached hydrogens (primary N) is 1. The van der Waals surface area contributed by atoms with Crippen molar-refractivity contribution in [3.8, 4) is 5.75 Å². The summed E-state index contributed by atoms with van der Waals surface area (Å²) in [7, 11) is 0. The van der Waals surface area contributed by atoms with Crippen molar-refractivity contribution in [2.75, 3.05) is 13.2 Å². The van der Waals surface area contributed by atoms with E-state index >= 15 is 0 Å². The highest BCUT2D eigenvalue weighted by Crippen LogP contribution is 2.35. The van der Waals surface area contributed by atoms with Gasteiger partial charge in [-0.2, -0.15) is 0 Å². The van der Waals surface area contributed by atoms with E-state index in [1.165, 1.54) is 32.1 Å². The van der Waals surface area contributed by atoms with E-state index in [1.54, 1.807) is 6.07 Å². The van der Waals surface area contributed by atoms with E-state index in [4.69, 9.17) is 15.2 Å². The second-order valence-electron chi connectivity index (χ2n) is 5.75. The molecule has 3 rings (SSSR count). The maximum absolute atomic E-state index is 10.9. The van der Waals surface area contributed by atoms with E-state index in [1.807, 2.05) is 18.2 Å². The molecule has 1 aromatic carbocycles. The van der Waals surface area contributed by atoms with Crippen LogP contribution in [0.25, 0.3) is 0 Å². The van der Waals surface area contributed by atoms with Crippen LogP contribution in [0.3, 0.4) is 0 Å². The van der Waals surface area contributed by atoms with Gasteiger partial charge in [0.1, 0.15) is 12.0 Å². The molecule has 1 atom stereocenters. The van der Waals surface area contributed by atoms with Crippen LogP contribution in [0, 0.1) is 0 Å². The number of hydrogen-bond acceptors (Lipinski definition) is 4. The van der Waals surface area contributed by atoms with E-state index in [0.717, 1.165) is 18.7 Å². The third kappa shape index (κ3) is 3.36. The first-order valence-electron chi connectivity index (χ1n) is 7.68. The molecule has 2 N–H and O–H groups in total. The Hall–Kier alpha value is -1.59. The minimum Gasteiger partial charge on any atom is -0.410 e. The molecule has 21 heavy (non-hydrogen) atoms. The zero-order valence-corrected chi connectivity index (χ0v) is 12.2. The van der Waals surface area contributed by atoms with E-state index in [-0.39, 0.29) is 6.23 Å². The molecule has 5 nitrogen and oxygen atoms in total. The highest BCUT2D eigenvalue weighted by atomic mass is 16.5. The first-order chi connectivity index (χ1) is 10.2. The van der Waals surface area contributed by atoms with Crippen molar-refractivity contribution in [1.29, 1.82) is 0 Å². The van der Waals surface area contributed by atoms with Crippen LogP contribution in [-0.2, 0) is 4.74 Å². The standard InChI is InChI=1S/C16H22N2O3/c17-16(19)21-14-8-4-5-12(11-14)15-18(9-10-20-15)13-6-2-1-3-7-13/h4-5,8,11,13,15H,1-3,6-7,9-10H2,(H2,17,19). The normalized spacial score (nSPS) is 24.1. The Bertz CT molecular complexity index is 500. The SMILES string of the molecule is NC(=O)Oc1cccc(C2OCCN2C2CCCCC2)c1. The van der Waals surface area contributed by atoms with Gasteiger partial charge in [-0.15, -0.1) is 0 Å². The van der Waals surface area contributed by atoms with Crippen LogP contribution in [0.4, 0.5) is 4.79 Å².